The zero-order valence-corrected chi connectivity index (χ0v) is 4.87. The summed E-state index contributed by atoms with van der Waals surface area (Å²) in [5.74, 6) is 0. The van der Waals surface area contributed by atoms with E-state index in [0.717, 1.165) is 18.3 Å². The molecule has 0 aromatic carbocycles. The van der Waals surface area contributed by atoms with E-state index in [1.54, 1.807) is 0 Å². The first-order chi connectivity index (χ1) is 4.47. The Kier molecular flexibility index (Phi) is 0.886. The van der Waals surface area contributed by atoms with Crippen LogP contribution in [0.5, 0.6) is 0 Å². The Morgan fingerprint density at radius 1 is 1.56 bits per heavy atom. The lowest BCUT2D eigenvalue weighted by Crippen LogP contribution is -2.25. The van der Waals surface area contributed by atoms with Gasteiger partial charge in [0.25, 0.3) is 0 Å². The van der Waals surface area contributed by atoms with Crippen LogP contribution in [0.1, 0.15) is 6.42 Å². The molecule has 1 aliphatic rings. The maximum Gasteiger partial charge on any atom is 0.241 e. The van der Waals surface area contributed by atoms with Crippen molar-refractivity contribution in [2.75, 3.05) is 6.54 Å². The van der Waals surface area contributed by atoms with Crippen LogP contribution in [0.4, 0.5) is 0 Å². The summed E-state index contributed by atoms with van der Waals surface area (Å²) in [6, 6.07) is 0. The molecule has 2 heterocycles. The molecule has 0 atom stereocenters. The van der Waals surface area contributed by atoms with Crippen LogP contribution in [0.3, 0.4) is 0 Å². The van der Waals surface area contributed by atoms with Crippen molar-refractivity contribution in [3.05, 3.63) is 17.3 Å². The molecule has 1 aromatic rings. The van der Waals surface area contributed by atoms with Crippen LogP contribution >= 0.6 is 0 Å². The predicted molar refractivity (Wildman–Crippen MR) is 31.2 cm³/mol. The third-order valence-electron chi connectivity index (χ3n) is 1.30. The van der Waals surface area contributed by atoms with Crippen molar-refractivity contribution in [2.45, 2.75) is 6.42 Å². The highest BCUT2D eigenvalue weighted by Crippen LogP contribution is 1.83. The Morgan fingerprint density at radius 3 is 3.44 bits per heavy atom. The van der Waals surface area contributed by atoms with Crippen LogP contribution in [-0.2, 0) is 0 Å². The highest BCUT2D eigenvalue weighted by Gasteiger charge is 1.95. The minimum atomic E-state index is 0.682. The smallest absolute Gasteiger partial charge is 0.241 e. The van der Waals surface area contributed by atoms with Gasteiger partial charge in [0.2, 0.25) is 5.55 Å². The van der Waals surface area contributed by atoms with E-state index in [0.29, 0.717) is 5.55 Å². The maximum absolute atomic E-state index is 4.95. The van der Waals surface area contributed by atoms with Gasteiger partial charge in [0.1, 0.15) is 5.35 Å². The summed E-state index contributed by atoms with van der Waals surface area (Å²) in [7, 11) is 0. The van der Waals surface area contributed by atoms with Gasteiger partial charge < -0.3 is 4.42 Å². The topological polar surface area (TPSA) is 38.4 Å². The van der Waals surface area contributed by atoms with Gasteiger partial charge in [-0.3, -0.25) is 0 Å². The molecule has 0 N–H and O–H groups in total. The maximum atomic E-state index is 4.95. The number of hydrogen-bond acceptors (Lipinski definition) is 3. The van der Waals surface area contributed by atoms with E-state index >= 15 is 0 Å². The molecule has 46 valence electrons. The molecule has 0 bridgehead atoms. The standard InChI is InChI=1S/C6H6N2O/c1-2-5-6(7-3-1)9-4-8-5/h2,4H,1,3H2. The minimum Gasteiger partial charge on any atom is -0.425 e. The largest absolute Gasteiger partial charge is 0.425 e. The molecule has 1 aromatic heterocycles. The van der Waals surface area contributed by atoms with Gasteiger partial charge in [0.15, 0.2) is 6.39 Å². The summed E-state index contributed by atoms with van der Waals surface area (Å²) in [5.41, 5.74) is 0.682. The van der Waals surface area contributed by atoms with Crippen molar-refractivity contribution in [3.8, 4) is 0 Å². The summed E-state index contributed by atoms with van der Waals surface area (Å²) in [6.07, 6.45) is 4.45. The summed E-state index contributed by atoms with van der Waals surface area (Å²) in [4.78, 5) is 8.03. The van der Waals surface area contributed by atoms with E-state index < -0.39 is 0 Å². The summed E-state index contributed by atoms with van der Waals surface area (Å²) in [5, 5.41) is 0.890. The first-order valence-electron chi connectivity index (χ1n) is 2.91. The number of fused-ring (bicyclic) bond motifs is 1. The first kappa shape index (κ1) is 4.73. The van der Waals surface area contributed by atoms with Gasteiger partial charge in [-0.05, 0) is 6.42 Å². The van der Waals surface area contributed by atoms with Crippen LogP contribution in [0.25, 0.3) is 6.08 Å². The fourth-order valence-corrected chi connectivity index (χ4v) is 0.874. The Morgan fingerprint density at radius 2 is 2.56 bits per heavy atom. The van der Waals surface area contributed by atoms with Gasteiger partial charge in [-0.25, -0.2) is 9.98 Å². The van der Waals surface area contributed by atoms with Crippen LogP contribution < -0.4 is 10.9 Å². The normalized spacial score (nSPS) is 15.6. The Bertz CT molecular complexity index is 282. The molecule has 0 saturated heterocycles. The molecule has 0 unspecified atom stereocenters. The van der Waals surface area contributed by atoms with Gasteiger partial charge in [0, 0.05) is 6.54 Å². The summed E-state index contributed by atoms with van der Waals surface area (Å²) < 4.78 is 4.95. The van der Waals surface area contributed by atoms with Crippen molar-refractivity contribution in [2.24, 2.45) is 4.99 Å². The second-order valence-corrected chi connectivity index (χ2v) is 1.92. The van der Waals surface area contributed by atoms with E-state index in [-0.39, 0.29) is 0 Å². The summed E-state index contributed by atoms with van der Waals surface area (Å²) >= 11 is 0. The SMILES string of the molecule is C1=c2ncoc2=NCC1. The minimum absolute atomic E-state index is 0.682. The first-order valence-corrected chi connectivity index (χ1v) is 2.91. The lowest BCUT2D eigenvalue weighted by Gasteiger charge is -1.88. The molecule has 1 aliphatic heterocycles. The number of aromatic nitrogens is 1. The monoisotopic (exact) mass is 122 g/mol. The summed E-state index contributed by atoms with van der Waals surface area (Å²) in [6.45, 7) is 0.836. The predicted octanol–water partition coefficient (Wildman–Crippen LogP) is -0.522. The molecule has 0 amide bonds. The molecule has 0 aliphatic carbocycles. The Labute approximate surface area is 51.7 Å². The van der Waals surface area contributed by atoms with E-state index in [9.17, 15) is 0 Å². The Hall–Kier alpha value is -1.12. The quantitative estimate of drug-likeness (QED) is 0.464. The third-order valence-corrected chi connectivity index (χ3v) is 1.30. The highest BCUT2D eigenvalue weighted by molar-refractivity contribution is 5.17. The second kappa shape index (κ2) is 1.69. The number of hydrogen-bond donors (Lipinski definition) is 0. The zero-order valence-electron chi connectivity index (χ0n) is 4.87. The van der Waals surface area contributed by atoms with E-state index in [4.69, 9.17) is 4.42 Å². The molecule has 3 nitrogen and oxygen atoms in total. The number of rotatable bonds is 0. The molecule has 0 radical (unpaired) electrons. The van der Waals surface area contributed by atoms with Crippen LogP contribution in [-0.4, -0.2) is 11.5 Å². The Balaban J connectivity index is 2.89. The molecular formula is C6H6N2O. The van der Waals surface area contributed by atoms with Crippen molar-refractivity contribution >= 4 is 6.08 Å². The van der Waals surface area contributed by atoms with Crippen LogP contribution in [0, 0.1) is 0 Å². The van der Waals surface area contributed by atoms with Crippen molar-refractivity contribution in [1.82, 2.24) is 4.98 Å². The van der Waals surface area contributed by atoms with Gasteiger partial charge in [-0.2, -0.15) is 0 Å². The fourth-order valence-electron chi connectivity index (χ4n) is 0.874. The van der Waals surface area contributed by atoms with Crippen LogP contribution in [0.15, 0.2) is 15.8 Å². The van der Waals surface area contributed by atoms with Crippen LogP contribution in [0.2, 0.25) is 0 Å². The van der Waals surface area contributed by atoms with Gasteiger partial charge in [0.05, 0.1) is 0 Å². The van der Waals surface area contributed by atoms with Gasteiger partial charge >= 0.3 is 0 Å². The molecule has 0 spiro atoms. The van der Waals surface area contributed by atoms with E-state index in [2.05, 4.69) is 9.98 Å². The van der Waals surface area contributed by atoms with E-state index in [1.807, 2.05) is 6.08 Å². The number of oxazole rings is 1. The molecule has 2 rings (SSSR count). The second-order valence-electron chi connectivity index (χ2n) is 1.92. The average Bonchev–Trinajstić information content (AvgIpc) is 2.33. The number of nitrogens with zero attached hydrogens (tertiary/aromatic N) is 2. The lowest BCUT2D eigenvalue weighted by molar-refractivity contribution is 0.497. The van der Waals surface area contributed by atoms with Crippen molar-refractivity contribution in [1.29, 1.82) is 0 Å². The third kappa shape index (κ3) is 0.650. The lowest BCUT2D eigenvalue weighted by atomic mass is 10.3. The van der Waals surface area contributed by atoms with E-state index in [1.165, 1.54) is 6.39 Å². The fraction of sp³-hybridized carbons (Fsp3) is 0.333. The molecule has 0 saturated carbocycles. The molecular weight excluding hydrogens is 116 g/mol. The molecule has 3 heteroatoms. The molecule has 9 heavy (non-hydrogen) atoms. The van der Waals surface area contributed by atoms with Crippen molar-refractivity contribution in [3.63, 3.8) is 0 Å². The zero-order chi connectivity index (χ0) is 6.10. The average molecular weight is 122 g/mol. The van der Waals surface area contributed by atoms with Gasteiger partial charge in [-0.1, -0.05) is 6.08 Å². The molecule has 0 fully saturated rings. The highest BCUT2D eigenvalue weighted by atomic mass is 16.3. The van der Waals surface area contributed by atoms with Gasteiger partial charge in [-0.15, -0.1) is 0 Å². The van der Waals surface area contributed by atoms with Crippen molar-refractivity contribution < 1.29 is 4.42 Å².